The van der Waals surface area contributed by atoms with Gasteiger partial charge in [0.25, 0.3) is 0 Å². The van der Waals surface area contributed by atoms with E-state index in [-0.39, 0.29) is 25.7 Å². The Hall–Kier alpha value is -1.94. The number of phosphoric ester groups is 2. The molecule has 582 valence electrons. The fourth-order valence-electron chi connectivity index (χ4n) is 12.2. The number of aliphatic hydroxyl groups excluding tert-OH is 1. The number of aliphatic hydroxyl groups is 1. The van der Waals surface area contributed by atoms with Crippen molar-refractivity contribution in [1.82, 2.24) is 0 Å². The van der Waals surface area contributed by atoms with Crippen molar-refractivity contribution in [3.8, 4) is 0 Å². The molecule has 0 bridgehead atoms. The summed E-state index contributed by atoms with van der Waals surface area (Å²) in [5, 5.41) is 10.6. The largest absolute Gasteiger partial charge is 0.472 e. The van der Waals surface area contributed by atoms with Gasteiger partial charge in [0, 0.05) is 25.7 Å². The highest BCUT2D eigenvalue weighted by molar-refractivity contribution is 7.47. The Morgan fingerprint density at radius 1 is 0.276 bits per heavy atom. The van der Waals surface area contributed by atoms with E-state index in [9.17, 15) is 43.2 Å². The van der Waals surface area contributed by atoms with E-state index in [0.29, 0.717) is 25.7 Å². The Balaban J connectivity index is 5.25. The van der Waals surface area contributed by atoms with Crippen molar-refractivity contribution in [2.45, 2.75) is 438 Å². The molecule has 0 radical (unpaired) electrons. The molecule has 0 aromatic heterocycles. The second-order valence-electron chi connectivity index (χ2n) is 28.9. The zero-order valence-corrected chi connectivity index (χ0v) is 65.7. The van der Waals surface area contributed by atoms with Gasteiger partial charge in [0.15, 0.2) is 12.2 Å². The number of unbranched alkanes of at least 4 members (excludes halogenated alkanes) is 51. The Morgan fingerprint density at radius 3 is 0.694 bits per heavy atom. The summed E-state index contributed by atoms with van der Waals surface area (Å²) in [5.74, 6) is -1.34. The van der Waals surface area contributed by atoms with Gasteiger partial charge in [-0.15, -0.1) is 0 Å². The molecule has 98 heavy (non-hydrogen) atoms. The van der Waals surface area contributed by atoms with Gasteiger partial charge >= 0.3 is 39.5 Å². The zero-order chi connectivity index (χ0) is 71.9. The monoisotopic (exact) mass is 1440 g/mol. The van der Waals surface area contributed by atoms with E-state index in [4.69, 9.17) is 37.0 Å². The van der Waals surface area contributed by atoms with E-state index in [1.165, 1.54) is 244 Å². The van der Waals surface area contributed by atoms with E-state index < -0.39 is 97.5 Å². The number of phosphoric acid groups is 2. The van der Waals surface area contributed by atoms with Crippen LogP contribution in [0.3, 0.4) is 0 Å². The molecule has 17 nitrogen and oxygen atoms in total. The molecule has 0 aliphatic heterocycles. The minimum absolute atomic E-state index is 0.107. The second kappa shape index (κ2) is 72.0. The molecule has 0 heterocycles. The number of hydrogen-bond donors (Lipinski definition) is 3. The van der Waals surface area contributed by atoms with Crippen molar-refractivity contribution in [3.63, 3.8) is 0 Å². The first-order valence-electron chi connectivity index (χ1n) is 41.1. The van der Waals surface area contributed by atoms with Gasteiger partial charge in [0.2, 0.25) is 0 Å². The fraction of sp³-hybridized carbons (Fsp3) is 0.949. The first kappa shape index (κ1) is 96.1. The van der Waals surface area contributed by atoms with Gasteiger partial charge in [0.05, 0.1) is 26.4 Å². The summed E-state index contributed by atoms with van der Waals surface area (Å²) in [7, 11) is -9.92. The summed E-state index contributed by atoms with van der Waals surface area (Å²) in [6.07, 6.45) is 62.3. The molecule has 0 amide bonds. The van der Waals surface area contributed by atoms with Gasteiger partial charge in [0.1, 0.15) is 19.3 Å². The Kier molecular flexibility index (Phi) is 70.6. The lowest BCUT2D eigenvalue weighted by Gasteiger charge is -2.21. The lowest BCUT2D eigenvalue weighted by atomic mass is 10.0. The van der Waals surface area contributed by atoms with Crippen LogP contribution in [-0.2, 0) is 65.4 Å². The standard InChI is InChI=1S/C79H154O17P2/c1-6-9-12-15-18-21-24-26-28-29-30-32-34-39-44-49-54-59-64-78(83)95-75(69-90-77(82)63-58-53-48-43-38-33-31-27-25-22-19-16-13-10-7-2)71-94-98(87,88)92-67-73(80)66-91-97(85,86)93-70-74(68-89-76(81)62-57-52-47-42-36-23-20-17-14-11-8-3)96-79(84)65-60-55-50-45-40-35-37-41-46-51-56-61-72(4)5/h72-75,80H,6-71H2,1-5H3,(H,85,86)(H,87,88)/t73-,74+,75+/m0/s1. The van der Waals surface area contributed by atoms with E-state index in [0.717, 1.165) is 95.8 Å². The third-order valence-electron chi connectivity index (χ3n) is 18.5. The van der Waals surface area contributed by atoms with Gasteiger partial charge in [-0.3, -0.25) is 37.3 Å². The molecule has 0 rings (SSSR count). The summed E-state index contributed by atoms with van der Waals surface area (Å²) in [6, 6.07) is 0. The van der Waals surface area contributed by atoms with Crippen molar-refractivity contribution in [2.24, 2.45) is 5.92 Å². The van der Waals surface area contributed by atoms with Gasteiger partial charge in [-0.2, -0.15) is 0 Å². The molecule has 5 atom stereocenters. The first-order chi connectivity index (χ1) is 47.5. The molecular weight excluding hydrogens is 1280 g/mol. The number of hydrogen-bond acceptors (Lipinski definition) is 15. The number of rotatable bonds is 79. The van der Waals surface area contributed by atoms with Crippen molar-refractivity contribution in [1.29, 1.82) is 0 Å². The highest BCUT2D eigenvalue weighted by Gasteiger charge is 2.30. The summed E-state index contributed by atoms with van der Waals surface area (Å²) in [5.41, 5.74) is 0. The molecule has 0 aliphatic carbocycles. The van der Waals surface area contributed by atoms with Crippen LogP contribution in [0.4, 0.5) is 0 Å². The number of carbonyl (C=O) groups excluding carboxylic acids is 4. The van der Waals surface area contributed by atoms with E-state index in [2.05, 4.69) is 34.6 Å². The minimum Gasteiger partial charge on any atom is -0.462 e. The SMILES string of the molecule is CCCCCCCCCCCCCCCCCCCCC(=O)O[C@H](COC(=O)CCCCCCCCCCCCCCCCC)COP(=O)(O)OC[C@@H](O)COP(=O)(O)OC[C@@H](COC(=O)CCCCCCCCCCCCC)OC(=O)CCCCCCCCCCCCCC(C)C. The van der Waals surface area contributed by atoms with E-state index in [1.807, 2.05) is 0 Å². The maximum absolute atomic E-state index is 13.1. The molecule has 0 saturated heterocycles. The smallest absolute Gasteiger partial charge is 0.462 e. The third-order valence-corrected chi connectivity index (χ3v) is 20.4. The van der Waals surface area contributed by atoms with Gasteiger partial charge in [-0.25, -0.2) is 9.13 Å². The predicted molar refractivity (Wildman–Crippen MR) is 400 cm³/mol. The Bertz CT molecular complexity index is 1870. The van der Waals surface area contributed by atoms with Crippen LogP contribution in [-0.4, -0.2) is 96.7 Å². The number of esters is 4. The lowest BCUT2D eigenvalue weighted by molar-refractivity contribution is -0.161. The Morgan fingerprint density at radius 2 is 0.469 bits per heavy atom. The average Bonchev–Trinajstić information content (AvgIpc) is 1.35. The number of carbonyl (C=O) groups is 4. The third kappa shape index (κ3) is 72.4. The van der Waals surface area contributed by atoms with Crippen LogP contribution in [0.25, 0.3) is 0 Å². The molecule has 0 aliphatic rings. The average molecular weight is 1440 g/mol. The topological polar surface area (TPSA) is 237 Å². The molecule has 2 unspecified atom stereocenters. The molecule has 0 fully saturated rings. The quantitative estimate of drug-likeness (QED) is 0.0222. The minimum atomic E-state index is -4.96. The van der Waals surface area contributed by atoms with Crippen LogP contribution < -0.4 is 0 Å². The van der Waals surface area contributed by atoms with Crippen molar-refractivity contribution < 1.29 is 80.2 Å². The Labute approximate surface area is 600 Å². The van der Waals surface area contributed by atoms with Crippen LogP contribution in [0, 0.1) is 5.92 Å². The maximum Gasteiger partial charge on any atom is 0.472 e. The van der Waals surface area contributed by atoms with Crippen molar-refractivity contribution in [2.75, 3.05) is 39.6 Å². The van der Waals surface area contributed by atoms with Gasteiger partial charge in [-0.05, 0) is 31.6 Å². The van der Waals surface area contributed by atoms with Crippen LogP contribution in [0.2, 0.25) is 0 Å². The second-order valence-corrected chi connectivity index (χ2v) is 31.8. The predicted octanol–water partition coefficient (Wildman–Crippen LogP) is 23.6. The number of ether oxygens (including phenoxy) is 4. The van der Waals surface area contributed by atoms with Crippen LogP contribution in [0.15, 0.2) is 0 Å². The summed E-state index contributed by atoms with van der Waals surface area (Å²) >= 11 is 0. The van der Waals surface area contributed by atoms with E-state index >= 15 is 0 Å². The normalized spacial score (nSPS) is 13.9. The summed E-state index contributed by atoms with van der Waals surface area (Å²) < 4.78 is 68.7. The zero-order valence-electron chi connectivity index (χ0n) is 63.9. The van der Waals surface area contributed by atoms with Crippen molar-refractivity contribution in [3.05, 3.63) is 0 Å². The highest BCUT2D eigenvalue weighted by Crippen LogP contribution is 2.45. The first-order valence-corrected chi connectivity index (χ1v) is 44.1. The van der Waals surface area contributed by atoms with Crippen LogP contribution in [0.5, 0.6) is 0 Å². The lowest BCUT2D eigenvalue weighted by Crippen LogP contribution is -2.30. The fourth-order valence-corrected chi connectivity index (χ4v) is 13.8. The molecule has 19 heteroatoms. The molecule has 0 aromatic rings. The molecule has 0 saturated carbocycles. The highest BCUT2D eigenvalue weighted by atomic mass is 31.2. The molecule has 0 aromatic carbocycles. The molecule has 0 spiro atoms. The van der Waals surface area contributed by atoms with E-state index in [1.54, 1.807) is 0 Å². The molecule has 3 N–H and O–H groups in total. The molecular formula is C79H154O17P2. The van der Waals surface area contributed by atoms with Crippen LogP contribution >= 0.6 is 15.6 Å². The van der Waals surface area contributed by atoms with Gasteiger partial charge < -0.3 is 33.8 Å². The van der Waals surface area contributed by atoms with Crippen molar-refractivity contribution >= 4 is 39.5 Å². The van der Waals surface area contributed by atoms with Gasteiger partial charge in [-0.1, -0.05) is 369 Å². The summed E-state index contributed by atoms with van der Waals surface area (Å²) in [6.45, 7) is 7.32. The maximum atomic E-state index is 13.1. The van der Waals surface area contributed by atoms with Crippen LogP contribution in [0.1, 0.15) is 420 Å². The summed E-state index contributed by atoms with van der Waals surface area (Å²) in [4.78, 5) is 73.0.